The highest BCUT2D eigenvalue weighted by molar-refractivity contribution is 7.18. The van der Waals surface area contributed by atoms with Crippen LogP contribution in [0.4, 0.5) is 0 Å². The van der Waals surface area contributed by atoms with Crippen LogP contribution in [0, 0.1) is 6.92 Å². The van der Waals surface area contributed by atoms with Crippen LogP contribution in [-0.2, 0) is 7.05 Å². The zero-order chi connectivity index (χ0) is 16.7. The molecule has 5 heteroatoms. The van der Waals surface area contributed by atoms with E-state index in [0.29, 0.717) is 5.39 Å². The summed E-state index contributed by atoms with van der Waals surface area (Å²) in [5.74, 6) is 0. The first-order valence-electron chi connectivity index (χ1n) is 7.63. The molecule has 0 amide bonds. The van der Waals surface area contributed by atoms with Crippen LogP contribution in [0.25, 0.3) is 31.9 Å². The Morgan fingerprint density at radius 2 is 1.71 bits per heavy atom. The number of thiophene rings is 1. The Morgan fingerprint density at radius 1 is 0.958 bits per heavy atom. The van der Waals surface area contributed by atoms with Crippen LogP contribution in [0.3, 0.4) is 0 Å². The van der Waals surface area contributed by atoms with Crippen LogP contribution in [0.1, 0.15) is 5.56 Å². The highest BCUT2D eigenvalue weighted by atomic mass is 32.1. The molecule has 24 heavy (non-hydrogen) atoms. The van der Waals surface area contributed by atoms with Crippen molar-refractivity contribution in [3.05, 3.63) is 70.6 Å². The van der Waals surface area contributed by atoms with Gasteiger partial charge in [-0.2, -0.15) is 5.10 Å². The Hall–Kier alpha value is -2.79. The molecule has 0 aliphatic carbocycles. The molecule has 4 nitrogen and oxygen atoms in total. The lowest BCUT2D eigenvalue weighted by atomic mass is 10.1. The second kappa shape index (κ2) is 5.69. The number of fused-ring (bicyclic) bond motifs is 1. The summed E-state index contributed by atoms with van der Waals surface area (Å²) in [5, 5.41) is 6.06. The highest BCUT2D eigenvalue weighted by Crippen LogP contribution is 2.35. The normalized spacial score (nSPS) is 11.1. The Morgan fingerprint density at radius 3 is 2.46 bits per heavy atom. The minimum absolute atomic E-state index is 0.0775. The number of hydrogen-bond donors (Lipinski definition) is 0. The van der Waals surface area contributed by atoms with E-state index < -0.39 is 0 Å². The van der Waals surface area contributed by atoms with E-state index in [2.05, 4.69) is 22.2 Å². The van der Waals surface area contributed by atoms with Gasteiger partial charge in [-0.1, -0.05) is 24.3 Å². The standard InChI is InChI=1S/C19H15N3OS/c1-12-7-8-15(20-11-12)16-9-10-17(24-16)18-13-5-3-4-6-14(13)19(23)22(2)21-18/h3-11H,1-2H3. The molecule has 0 saturated carbocycles. The minimum atomic E-state index is -0.0775. The van der Waals surface area contributed by atoms with Gasteiger partial charge in [0, 0.05) is 18.6 Å². The molecule has 118 valence electrons. The topological polar surface area (TPSA) is 47.8 Å². The fraction of sp³-hybridized carbons (Fsp3) is 0.105. The zero-order valence-corrected chi connectivity index (χ0v) is 14.2. The van der Waals surface area contributed by atoms with Gasteiger partial charge in [-0.15, -0.1) is 11.3 Å². The lowest BCUT2D eigenvalue weighted by Crippen LogP contribution is -2.20. The third kappa shape index (κ3) is 2.43. The van der Waals surface area contributed by atoms with Crippen molar-refractivity contribution < 1.29 is 0 Å². The van der Waals surface area contributed by atoms with Gasteiger partial charge >= 0.3 is 0 Å². The lowest BCUT2D eigenvalue weighted by Gasteiger charge is -2.06. The first-order chi connectivity index (χ1) is 11.6. The molecule has 0 aliphatic rings. The quantitative estimate of drug-likeness (QED) is 0.556. The zero-order valence-electron chi connectivity index (χ0n) is 13.4. The van der Waals surface area contributed by atoms with E-state index in [1.165, 1.54) is 4.68 Å². The summed E-state index contributed by atoms with van der Waals surface area (Å²) in [7, 11) is 1.69. The van der Waals surface area contributed by atoms with Crippen LogP contribution in [0.15, 0.2) is 59.5 Å². The lowest BCUT2D eigenvalue weighted by molar-refractivity contribution is 0.723. The van der Waals surface area contributed by atoms with E-state index in [4.69, 9.17) is 0 Å². The summed E-state index contributed by atoms with van der Waals surface area (Å²) in [6, 6.07) is 15.8. The first-order valence-corrected chi connectivity index (χ1v) is 8.44. The molecule has 4 rings (SSSR count). The van der Waals surface area contributed by atoms with Gasteiger partial charge in [0.1, 0.15) is 5.69 Å². The predicted molar refractivity (Wildman–Crippen MR) is 98.3 cm³/mol. The smallest absolute Gasteiger partial charge is 0.267 e. The predicted octanol–water partition coefficient (Wildman–Crippen LogP) is 4.03. The van der Waals surface area contributed by atoms with Crippen molar-refractivity contribution in [3.8, 4) is 21.1 Å². The average Bonchev–Trinajstić information content (AvgIpc) is 3.08. The monoisotopic (exact) mass is 333 g/mol. The van der Waals surface area contributed by atoms with E-state index in [1.54, 1.807) is 18.4 Å². The van der Waals surface area contributed by atoms with Gasteiger partial charge in [0.05, 0.1) is 20.8 Å². The molecule has 3 aromatic heterocycles. The van der Waals surface area contributed by atoms with Crippen LogP contribution in [0.2, 0.25) is 0 Å². The molecule has 0 spiro atoms. The third-order valence-corrected chi connectivity index (χ3v) is 5.07. The number of hydrogen-bond acceptors (Lipinski definition) is 4. The summed E-state index contributed by atoms with van der Waals surface area (Å²) in [4.78, 5) is 18.9. The Balaban J connectivity index is 1.89. The molecule has 3 heterocycles. The van der Waals surface area contributed by atoms with Crippen molar-refractivity contribution >= 4 is 22.1 Å². The van der Waals surface area contributed by atoms with Crippen molar-refractivity contribution in [1.82, 2.24) is 14.8 Å². The molecule has 0 aliphatic heterocycles. The maximum absolute atomic E-state index is 12.3. The summed E-state index contributed by atoms with van der Waals surface area (Å²) in [6.45, 7) is 2.02. The van der Waals surface area contributed by atoms with E-state index in [-0.39, 0.29) is 5.56 Å². The number of aryl methyl sites for hydroxylation is 2. The summed E-state index contributed by atoms with van der Waals surface area (Å²) in [5.41, 5.74) is 2.84. The molecule has 0 bridgehead atoms. The first kappa shape index (κ1) is 14.8. The number of aromatic nitrogens is 3. The summed E-state index contributed by atoms with van der Waals surface area (Å²) in [6.07, 6.45) is 1.87. The Bertz CT molecular complexity index is 1090. The van der Waals surface area contributed by atoms with Crippen molar-refractivity contribution in [2.45, 2.75) is 6.92 Å². The number of nitrogens with zero attached hydrogens (tertiary/aromatic N) is 3. The molecule has 0 atom stereocenters. The number of rotatable bonds is 2. The number of benzene rings is 1. The largest absolute Gasteiger partial charge is 0.274 e. The molecule has 0 saturated heterocycles. The van der Waals surface area contributed by atoms with E-state index in [0.717, 1.165) is 32.1 Å². The maximum atomic E-state index is 12.3. The molecule has 0 N–H and O–H groups in total. The van der Waals surface area contributed by atoms with Gasteiger partial charge in [-0.25, -0.2) is 4.68 Å². The second-order valence-electron chi connectivity index (χ2n) is 5.71. The third-order valence-electron chi connectivity index (χ3n) is 3.96. The van der Waals surface area contributed by atoms with Gasteiger partial charge < -0.3 is 0 Å². The fourth-order valence-electron chi connectivity index (χ4n) is 2.70. The summed E-state index contributed by atoms with van der Waals surface area (Å²) >= 11 is 1.63. The van der Waals surface area contributed by atoms with Gasteiger partial charge in [0.25, 0.3) is 5.56 Å². The van der Waals surface area contributed by atoms with Crippen molar-refractivity contribution in [1.29, 1.82) is 0 Å². The Kier molecular flexibility index (Phi) is 3.50. The second-order valence-corrected chi connectivity index (χ2v) is 6.79. The molecule has 0 radical (unpaired) electrons. The fourth-order valence-corrected chi connectivity index (χ4v) is 3.68. The van der Waals surface area contributed by atoms with E-state index in [9.17, 15) is 4.79 Å². The van der Waals surface area contributed by atoms with Gasteiger partial charge in [0.2, 0.25) is 0 Å². The van der Waals surface area contributed by atoms with Crippen LogP contribution in [0.5, 0.6) is 0 Å². The maximum Gasteiger partial charge on any atom is 0.274 e. The van der Waals surface area contributed by atoms with Crippen molar-refractivity contribution in [3.63, 3.8) is 0 Å². The highest BCUT2D eigenvalue weighted by Gasteiger charge is 2.13. The van der Waals surface area contributed by atoms with Crippen LogP contribution < -0.4 is 5.56 Å². The number of pyridine rings is 1. The SMILES string of the molecule is Cc1ccc(-c2ccc(-c3nn(C)c(=O)c4ccccc34)s2)nc1. The van der Waals surface area contributed by atoms with Crippen molar-refractivity contribution in [2.24, 2.45) is 7.05 Å². The van der Waals surface area contributed by atoms with E-state index >= 15 is 0 Å². The van der Waals surface area contributed by atoms with Crippen molar-refractivity contribution in [2.75, 3.05) is 0 Å². The molecule has 1 aromatic carbocycles. The molecule has 4 aromatic rings. The van der Waals surface area contributed by atoms with Gasteiger partial charge in [-0.05, 0) is 36.8 Å². The molecule has 0 fully saturated rings. The molecule has 0 unspecified atom stereocenters. The van der Waals surface area contributed by atoms with Gasteiger partial charge in [0.15, 0.2) is 0 Å². The molecular weight excluding hydrogens is 318 g/mol. The average molecular weight is 333 g/mol. The van der Waals surface area contributed by atoms with Crippen LogP contribution in [-0.4, -0.2) is 14.8 Å². The molecular formula is C19H15N3OS. The van der Waals surface area contributed by atoms with Crippen LogP contribution >= 0.6 is 11.3 Å². The van der Waals surface area contributed by atoms with Gasteiger partial charge in [-0.3, -0.25) is 9.78 Å². The Labute approximate surface area is 143 Å². The summed E-state index contributed by atoms with van der Waals surface area (Å²) < 4.78 is 1.40. The van der Waals surface area contributed by atoms with E-state index in [1.807, 2.05) is 49.5 Å². The minimum Gasteiger partial charge on any atom is -0.267 e.